The Kier molecular flexibility index (Phi) is 9.91. The SMILES string of the molecule is CN(CCCC(=O)N(CCF)CCc1ccc(C2=NCCN2)cc1)S(=O)(=O)c1cccc(Cl)c1Cl. The molecule has 1 aliphatic heterocycles. The molecule has 0 saturated heterocycles. The molecule has 2 aromatic rings. The molecule has 2 aromatic carbocycles. The highest BCUT2D eigenvalue weighted by atomic mass is 35.5. The van der Waals surface area contributed by atoms with E-state index in [4.69, 9.17) is 23.2 Å². The van der Waals surface area contributed by atoms with Gasteiger partial charge < -0.3 is 10.2 Å². The van der Waals surface area contributed by atoms with Gasteiger partial charge in [-0.05, 0) is 30.5 Å². The monoisotopic (exact) mass is 542 g/mol. The van der Waals surface area contributed by atoms with E-state index in [2.05, 4.69) is 10.3 Å². The lowest BCUT2D eigenvalue weighted by Gasteiger charge is -2.23. The molecule has 0 fully saturated rings. The number of carbonyl (C=O) groups is 1. The molecule has 0 unspecified atom stereocenters. The fourth-order valence-electron chi connectivity index (χ4n) is 3.73. The minimum Gasteiger partial charge on any atom is -0.368 e. The summed E-state index contributed by atoms with van der Waals surface area (Å²) >= 11 is 12.0. The van der Waals surface area contributed by atoms with Gasteiger partial charge in [0.15, 0.2) is 0 Å². The molecule has 190 valence electrons. The Balaban J connectivity index is 1.51. The van der Waals surface area contributed by atoms with Gasteiger partial charge >= 0.3 is 0 Å². The largest absolute Gasteiger partial charge is 0.368 e. The van der Waals surface area contributed by atoms with E-state index in [0.29, 0.717) is 19.4 Å². The number of halogens is 3. The summed E-state index contributed by atoms with van der Waals surface area (Å²) in [5.74, 6) is 0.672. The third-order valence-corrected chi connectivity index (χ3v) is 8.58. The minimum atomic E-state index is -3.86. The van der Waals surface area contributed by atoms with Crippen LogP contribution in [0.5, 0.6) is 0 Å². The number of hydrogen-bond acceptors (Lipinski definition) is 5. The Labute approximate surface area is 216 Å². The highest BCUT2D eigenvalue weighted by Crippen LogP contribution is 2.30. The number of nitrogens with zero attached hydrogens (tertiary/aromatic N) is 3. The second-order valence-corrected chi connectivity index (χ2v) is 11.0. The van der Waals surface area contributed by atoms with Gasteiger partial charge in [-0.1, -0.05) is 53.5 Å². The number of hydrogen-bond donors (Lipinski definition) is 1. The number of rotatable bonds is 12. The van der Waals surface area contributed by atoms with Crippen LogP contribution in [0.2, 0.25) is 10.0 Å². The van der Waals surface area contributed by atoms with E-state index in [1.165, 1.54) is 30.1 Å². The Morgan fingerprint density at radius 1 is 1.11 bits per heavy atom. The van der Waals surface area contributed by atoms with Gasteiger partial charge in [0.25, 0.3) is 0 Å². The van der Waals surface area contributed by atoms with Gasteiger partial charge in [0.2, 0.25) is 15.9 Å². The lowest BCUT2D eigenvalue weighted by Crippen LogP contribution is -2.35. The fraction of sp³-hybridized carbons (Fsp3) is 0.417. The molecule has 0 spiro atoms. The lowest BCUT2D eigenvalue weighted by atomic mass is 10.1. The molecule has 11 heteroatoms. The average molecular weight is 543 g/mol. The van der Waals surface area contributed by atoms with Crippen molar-refractivity contribution in [2.75, 3.05) is 46.4 Å². The van der Waals surface area contributed by atoms with E-state index < -0.39 is 16.7 Å². The summed E-state index contributed by atoms with van der Waals surface area (Å²) in [6.07, 6.45) is 0.986. The van der Waals surface area contributed by atoms with Crippen molar-refractivity contribution in [2.24, 2.45) is 4.99 Å². The van der Waals surface area contributed by atoms with Crippen LogP contribution >= 0.6 is 23.2 Å². The van der Waals surface area contributed by atoms with Crippen LogP contribution in [0, 0.1) is 0 Å². The Bertz CT molecular complexity index is 1160. The van der Waals surface area contributed by atoms with Crippen molar-refractivity contribution in [1.29, 1.82) is 0 Å². The first-order valence-corrected chi connectivity index (χ1v) is 13.6. The summed E-state index contributed by atoms with van der Waals surface area (Å²) in [5.41, 5.74) is 2.05. The van der Waals surface area contributed by atoms with Crippen LogP contribution in [0.1, 0.15) is 24.0 Å². The maximum Gasteiger partial charge on any atom is 0.244 e. The molecule has 35 heavy (non-hydrogen) atoms. The first kappa shape index (κ1) is 27.4. The first-order chi connectivity index (χ1) is 16.7. The van der Waals surface area contributed by atoms with Crippen LogP contribution in [-0.2, 0) is 21.2 Å². The van der Waals surface area contributed by atoms with E-state index in [-0.39, 0.29) is 40.4 Å². The van der Waals surface area contributed by atoms with E-state index in [1.807, 2.05) is 24.3 Å². The molecule has 3 rings (SSSR count). The zero-order valence-electron chi connectivity index (χ0n) is 19.5. The molecule has 0 saturated carbocycles. The highest BCUT2D eigenvalue weighted by Gasteiger charge is 2.25. The van der Waals surface area contributed by atoms with E-state index >= 15 is 0 Å². The quantitative estimate of drug-likeness (QED) is 0.442. The molecular formula is C24H29Cl2FN4O3S. The summed E-state index contributed by atoms with van der Waals surface area (Å²) in [7, 11) is -2.43. The zero-order chi connectivity index (χ0) is 25.4. The van der Waals surface area contributed by atoms with Gasteiger partial charge in [0, 0.05) is 45.2 Å². The molecule has 1 heterocycles. The molecule has 0 bridgehead atoms. The normalized spacial score (nSPS) is 13.6. The number of aliphatic imine (C=N–C) groups is 1. The summed E-state index contributed by atoms with van der Waals surface area (Å²) in [6.45, 7) is 1.47. The summed E-state index contributed by atoms with van der Waals surface area (Å²) < 4.78 is 39.9. The minimum absolute atomic E-state index is 0.00387. The van der Waals surface area contributed by atoms with E-state index in [0.717, 1.165) is 34.4 Å². The first-order valence-electron chi connectivity index (χ1n) is 11.4. The molecule has 0 radical (unpaired) electrons. The molecule has 1 N–H and O–H groups in total. The van der Waals surface area contributed by atoms with Gasteiger partial charge in [0.1, 0.15) is 17.4 Å². The number of amides is 1. The number of carbonyl (C=O) groups excluding carboxylic acids is 1. The fourth-order valence-corrected chi connectivity index (χ4v) is 5.67. The maximum atomic E-state index is 13.1. The maximum absolute atomic E-state index is 13.1. The zero-order valence-corrected chi connectivity index (χ0v) is 21.8. The lowest BCUT2D eigenvalue weighted by molar-refractivity contribution is -0.131. The summed E-state index contributed by atoms with van der Waals surface area (Å²) in [5, 5.41) is 3.34. The van der Waals surface area contributed by atoms with Crippen LogP contribution in [0.4, 0.5) is 4.39 Å². The van der Waals surface area contributed by atoms with Crippen LogP contribution in [0.3, 0.4) is 0 Å². The Morgan fingerprint density at radius 3 is 2.51 bits per heavy atom. The van der Waals surface area contributed by atoms with Crippen molar-refractivity contribution in [3.8, 4) is 0 Å². The highest BCUT2D eigenvalue weighted by molar-refractivity contribution is 7.89. The average Bonchev–Trinajstić information content (AvgIpc) is 3.38. The topological polar surface area (TPSA) is 82.1 Å². The Hall–Kier alpha value is -2.20. The van der Waals surface area contributed by atoms with Crippen molar-refractivity contribution in [2.45, 2.75) is 24.2 Å². The van der Waals surface area contributed by atoms with Gasteiger partial charge in [-0.2, -0.15) is 0 Å². The smallest absolute Gasteiger partial charge is 0.244 e. The standard InChI is InChI=1S/C24H29Cl2FN4O3S/c1-30(35(33,34)21-5-2-4-20(25)23(21)26)15-3-6-22(32)31(17-12-27)16-11-18-7-9-19(10-8-18)24-28-13-14-29-24/h2,4-5,7-10H,3,6,11-17H2,1H3,(H,28,29). The molecule has 0 atom stereocenters. The molecule has 0 aliphatic carbocycles. The second-order valence-electron chi connectivity index (χ2n) is 8.16. The molecular weight excluding hydrogens is 514 g/mol. The second kappa shape index (κ2) is 12.7. The van der Waals surface area contributed by atoms with Crippen LogP contribution in [-0.4, -0.2) is 75.8 Å². The van der Waals surface area contributed by atoms with Gasteiger partial charge in [0.05, 0.1) is 16.6 Å². The predicted octanol–water partition coefficient (Wildman–Crippen LogP) is 3.78. The van der Waals surface area contributed by atoms with Gasteiger partial charge in [-0.15, -0.1) is 0 Å². The number of sulfonamides is 1. The van der Waals surface area contributed by atoms with Crippen molar-refractivity contribution in [1.82, 2.24) is 14.5 Å². The Morgan fingerprint density at radius 2 is 1.86 bits per heavy atom. The predicted molar refractivity (Wildman–Crippen MR) is 138 cm³/mol. The third kappa shape index (κ3) is 7.16. The number of benzene rings is 2. The van der Waals surface area contributed by atoms with E-state index in [9.17, 15) is 17.6 Å². The van der Waals surface area contributed by atoms with Gasteiger partial charge in [-0.25, -0.2) is 17.1 Å². The van der Waals surface area contributed by atoms with Crippen molar-refractivity contribution in [3.05, 3.63) is 63.6 Å². The molecule has 1 amide bonds. The number of amidine groups is 1. The number of alkyl halides is 1. The third-order valence-electron chi connectivity index (χ3n) is 5.75. The summed E-state index contributed by atoms with van der Waals surface area (Å²) in [4.78, 5) is 18.5. The van der Waals surface area contributed by atoms with E-state index in [1.54, 1.807) is 0 Å². The van der Waals surface area contributed by atoms with Crippen molar-refractivity contribution >= 4 is 45.0 Å². The van der Waals surface area contributed by atoms with Crippen LogP contribution in [0.25, 0.3) is 0 Å². The van der Waals surface area contributed by atoms with Crippen LogP contribution in [0.15, 0.2) is 52.4 Å². The van der Waals surface area contributed by atoms with Crippen LogP contribution < -0.4 is 5.32 Å². The molecule has 7 nitrogen and oxygen atoms in total. The van der Waals surface area contributed by atoms with Crippen molar-refractivity contribution < 1.29 is 17.6 Å². The van der Waals surface area contributed by atoms with Crippen molar-refractivity contribution in [3.63, 3.8) is 0 Å². The molecule has 1 aliphatic rings. The number of nitrogens with one attached hydrogen (secondary N) is 1. The van der Waals surface area contributed by atoms with Gasteiger partial charge in [-0.3, -0.25) is 9.79 Å². The molecule has 0 aromatic heterocycles. The summed E-state index contributed by atoms with van der Waals surface area (Å²) in [6, 6.07) is 12.3.